The first kappa shape index (κ1) is 12.3. The van der Waals surface area contributed by atoms with E-state index in [0.29, 0.717) is 12.1 Å². The van der Waals surface area contributed by atoms with Gasteiger partial charge in [0, 0.05) is 6.04 Å². The van der Waals surface area contributed by atoms with Crippen LogP contribution >= 0.6 is 0 Å². The molecule has 0 aromatic rings. The van der Waals surface area contributed by atoms with Crippen LogP contribution in [0.2, 0.25) is 0 Å². The summed E-state index contributed by atoms with van der Waals surface area (Å²) in [5, 5.41) is 0. The first-order valence-electron chi connectivity index (χ1n) is 6.76. The zero-order valence-corrected chi connectivity index (χ0v) is 10.9. The van der Waals surface area contributed by atoms with E-state index in [2.05, 4.69) is 43.1 Å². The van der Waals surface area contributed by atoms with E-state index >= 15 is 0 Å². The van der Waals surface area contributed by atoms with Crippen molar-refractivity contribution in [3.8, 4) is 0 Å². The van der Waals surface area contributed by atoms with E-state index < -0.39 is 0 Å². The van der Waals surface area contributed by atoms with Crippen molar-refractivity contribution < 1.29 is 0 Å². The van der Waals surface area contributed by atoms with Crippen LogP contribution in [0.1, 0.15) is 46.0 Å². The Morgan fingerprint density at radius 3 is 2.12 bits per heavy atom. The summed E-state index contributed by atoms with van der Waals surface area (Å²) in [4.78, 5) is 9.30. The fourth-order valence-electron chi connectivity index (χ4n) is 2.34. The standard InChI is InChI=1S/C15H22N2/c1-12(2)16-14-8-10-15(11-9-14)17-13-6-4-3-5-7-13/h8-13H,3-7H2,1-2H3. The van der Waals surface area contributed by atoms with Crippen LogP contribution in [0.25, 0.3) is 0 Å². The van der Waals surface area contributed by atoms with Gasteiger partial charge in [0.2, 0.25) is 0 Å². The molecule has 0 unspecified atom stereocenters. The molecule has 0 atom stereocenters. The minimum Gasteiger partial charge on any atom is -0.283 e. The van der Waals surface area contributed by atoms with Gasteiger partial charge in [-0.2, -0.15) is 0 Å². The minimum atomic E-state index is 0.358. The number of rotatable bonds is 2. The van der Waals surface area contributed by atoms with E-state index in [1.807, 2.05) is 0 Å². The molecule has 1 fully saturated rings. The van der Waals surface area contributed by atoms with Crippen LogP contribution < -0.4 is 0 Å². The second-order valence-corrected chi connectivity index (χ2v) is 5.16. The molecule has 92 valence electrons. The molecule has 2 heteroatoms. The van der Waals surface area contributed by atoms with Crippen molar-refractivity contribution in [1.29, 1.82) is 0 Å². The predicted octanol–water partition coefficient (Wildman–Crippen LogP) is 3.74. The van der Waals surface area contributed by atoms with Gasteiger partial charge in [0.05, 0.1) is 17.5 Å². The molecule has 0 amide bonds. The molecular weight excluding hydrogens is 208 g/mol. The molecule has 0 aromatic heterocycles. The molecule has 17 heavy (non-hydrogen) atoms. The Hall–Kier alpha value is -1.18. The second kappa shape index (κ2) is 5.95. The maximum atomic E-state index is 4.80. The number of aliphatic imine (C=N–C) groups is 2. The third kappa shape index (κ3) is 3.95. The molecule has 0 heterocycles. The van der Waals surface area contributed by atoms with Crippen LogP contribution in [0.15, 0.2) is 34.3 Å². The van der Waals surface area contributed by atoms with Gasteiger partial charge in [0.15, 0.2) is 0 Å². The largest absolute Gasteiger partial charge is 0.283 e. The van der Waals surface area contributed by atoms with Gasteiger partial charge in [0.25, 0.3) is 0 Å². The van der Waals surface area contributed by atoms with E-state index in [9.17, 15) is 0 Å². The van der Waals surface area contributed by atoms with Crippen molar-refractivity contribution in [2.75, 3.05) is 0 Å². The summed E-state index contributed by atoms with van der Waals surface area (Å²) in [7, 11) is 0. The summed E-state index contributed by atoms with van der Waals surface area (Å²) < 4.78 is 0. The smallest absolute Gasteiger partial charge is 0.0579 e. The molecule has 0 aromatic carbocycles. The van der Waals surface area contributed by atoms with E-state index in [1.165, 1.54) is 32.1 Å². The molecule has 0 bridgehead atoms. The van der Waals surface area contributed by atoms with Crippen molar-refractivity contribution in [2.24, 2.45) is 9.98 Å². The van der Waals surface area contributed by atoms with Crippen LogP contribution in [0.4, 0.5) is 0 Å². The van der Waals surface area contributed by atoms with Gasteiger partial charge >= 0.3 is 0 Å². The Kier molecular flexibility index (Phi) is 4.29. The van der Waals surface area contributed by atoms with Crippen LogP contribution in [0, 0.1) is 0 Å². The molecule has 2 rings (SSSR count). The maximum Gasteiger partial charge on any atom is 0.0579 e. The highest BCUT2D eigenvalue weighted by Crippen LogP contribution is 2.20. The lowest BCUT2D eigenvalue weighted by Crippen LogP contribution is -2.12. The van der Waals surface area contributed by atoms with Crippen molar-refractivity contribution in [2.45, 2.75) is 58.0 Å². The van der Waals surface area contributed by atoms with Gasteiger partial charge < -0.3 is 0 Å². The SMILES string of the molecule is CC(C)N=C1C=CC(=NC2CCCCC2)C=C1. The molecular formula is C15H22N2. The van der Waals surface area contributed by atoms with Crippen molar-refractivity contribution in [3.63, 3.8) is 0 Å². The second-order valence-electron chi connectivity index (χ2n) is 5.16. The summed E-state index contributed by atoms with van der Waals surface area (Å²) in [6.07, 6.45) is 14.9. The number of hydrogen-bond acceptors (Lipinski definition) is 2. The first-order chi connectivity index (χ1) is 8.24. The molecule has 0 radical (unpaired) electrons. The summed E-state index contributed by atoms with van der Waals surface area (Å²) in [5.41, 5.74) is 2.17. The Bertz CT molecular complexity index is 348. The molecule has 2 aliphatic carbocycles. The first-order valence-corrected chi connectivity index (χ1v) is 6.76. The quantitative estimate of drug-likeness (QED) is 0.646. The van der Waals surface area contributed by atoms with E-state index in [4.69, 9.17) is 4.99 Å². The predicted molar refractivity (Wildman–Crippen MR) is 75.2 cm³/mol. The fourth-order valence-corrected chi connectivity index (χ4v) is 2.34. The topological polar surface area (TPSA) is 24.7 Å². The van der Waals surface area contributed by atoms with E-state index in [-0.39, 0.29) is 0 Å². The molecule has 0 spiro atoms. The highest BCUT2D eigenvalue weighted by Gasteiger charge is 2.12. The number of hydrogen-bond donors (Lipinski definition) is 0. The number of allylic oxidation sites excluding steroid dienone is 4. The lowest BCUT2D eigenvalue weighted by Gasteiger charge is -2.18. The Balaban J connectivity index is 1.97. The van der Waals surface area contributed by atoms with Gasteiger partial charge in [-0.3, -0.25) is 9.98 Å². The van der Waals surface area contributed by atoms with Gasteiger partial charge in [-0.15, -0.1) is 0 Å². The summed E-state index contributed by atoms with van der Waals surface area (Å²) >= 11 is 0. The van der Waals surface area contributed by atoms with Crippen molar-refractivity contribution >= 4 is 11.4 Å². The van der Waals surface area contributed by atoms with Crippen LogP contribution in [0.5, 0.6) is 0 Å². The number of nitrogens with zero attached hydrogens (tertiary/aromatic N) is 2. The fraction of sp³-hybridized carbons (Fsp3) is 0.600. The molecule has 0 N–H and O–H groups in total. The van der Waals surface area contributed by atoms with Crippen LogP contribution in [-0.2, 0) is 0 Å². The zero-order valence-electron chi connectivity index (χ0n) is 10.9. The summed E-state index contributed by atoms with van der Waals surface area (Å²) in [5.74, 6) is 0. The lowest BCUT2D eigenvalue weighted by atomic mass is 9.96. The average molecular weight is 230 g/mol. The van der Waals surface area contributed by atoms with Crippen LogP contribution in [0.3, 0.4) is 0 Å². The molecule has 0 saturated heterocycles. The van der Waals surface area contributed by atoms with E-state index in [0.717, 1.165) is 11.4 Å². The molecule has 2 aliphatic rings. The van der Waals surface area contributed by atoms with Gasteiger partial charge in [0.1, 0.15) is 0 Å². The third-order valence-electron chi connectivity index (χ3n) is 3.16. The highest BCUT2D eigenvalue weighted by atomic mass is 14.8. The Morgan fingerprint density at radius 1 is 0.941 bits per heavy atom. The highest BCUT2D eigenvalue weighted by molar-refractivity contribution is 6.18. The van der Waals surface area contributed by atoms with Gasteiger partial charge in [-0.1, -0.05) is 19.3 Å². The van der Waals surface area contributed by atoms with Crippen molar-refractivity contribution in [3.05, 3.63) is 24.3 Å². The maximum absolute atomic E-state index is 4.80. The molecule has 0 aliphatic heterocycles. The summed E-state index contributed by atoms with van der Waals surface area (Å²) in [6, 6.07) is 0.910. The van der Waals surface area contributed by atoms with Crippen molar-refractivity contribution in [1.82, 2.24) is 0 Å². The third-order valence-corrected chi connectivity index (χ3v) is 3.16. The van der Waals surface area contributed by atoms with Gasteiger partial charge in [-0.25, -0.2) is 0 Å². The van der Waals surface area contributed by atoms with Crippen LogP contribution in [-0.4, -0.2) is 23.5 Å². The lowest BCUT2D eigenvalue weighted by molar-refractivity contribution is 0.444. The average Bonchev–Trinajstić information content (AvgIpc) is 2.32. The zero-order chi connectivity index (χ0) is 12.1. The normalized spacial score (nSPS) is 21.1. The van der Waals surface area contributed by atoms with E-state index in [1.54, 1.807) is 0 Å². The molecule has 2 nitrogen and oxygen atoms in total. The Morgan fingerprint density at radius 2 is 1.53 bits per heavy atom. The monoisotopic (exact) mass is 230 g/mol. The Labute approximate surface area is 104 Å². The summed E-state index contributed by atoms with van der Waals surface area (Å²) in [6.45, 7) is 4.20. The minimum absolute atomic E-state index is 0.358. The van der Waals surface area contributed by atoms with Gasteiger partial charge in [-0.05, 0) is 51.0 Å². The molecule has 1 saturated carbocycles.